The first kappa shape index (κ1) is 20.6. The minimum atomic E-state index is -3.04. The molecule has 1 amide bonds. The Morgan fingerprint density at radius 2 is 2.03 bits per heavy atom. The maximum absolute atomic E-state index is 13.0. The Kier molecular flexibility index (Phi) is 5.42. The molecule has 4 rings (SSSR count). The number of carbonyl (C=O) groups excluding carboxylic acids is 1. The molecule has 1 N–H and O–H groups in total. The van der Waals surface area contributed by atoms with Gasteiger partial charge in [0.15, 0.2) is 5.75 Å². The molecule has 1 atom stereocenters. The highest BCUT2D eigenvalue weighted by Gasteiger charge is 2.34. The van der Waals surface area contributed by atoms with Gasteiger partial charge in [0.25, 0.3) is 5.91 Å². The van der Waals surface area contributed by atoms with Gasteiger partial charge >= 0.3 is 6.61 Å². The molecule has 0 radical (unpaired) electrons. The summed E-state index contributed by atoms with van der Waals surface area (Å²) in [6.07, 6.45) is 3.27. The molecule has 0 aliphatic carbocycles. The highest BCUT2D eigenvalue weighted by molar-refractivity contribution is 6.45. The molecule has 0 bridgehead atoms. The zero-order chi connectivity index (χ0) is 21.6. The van der Waals surface area contributed by atoms with Crippen LogP contribution in [0.2, 0.25) is 10.0 Å². The highest BCUT2D eigenvalue weighted by atomic mass is 35.5. The molecular formula is C19H16Cl2F2N4O3. The van der Waals surface area contributed by atoms with Gasteiger partial charge in [-0.1, -0.05) is 23.2 Å². The molecule has 1 aliphatic rings. The molecule has 158 valence electrons. The topological polar surface area (TPSA) is 80.3 Å². The van der Waals surface area contributed by atoms with Gasteiger partial charge in [0.2, 0.25) is 5.82 Å². The average Bonchev–Trinajstić information content (AvgIpc) is 3.12. The lowest BCUT2D eigenvalue weighted by atomic mass is 9.96. The molecule has 1 aliphatic heterocycles. The molecule has 3 heterocycles. The number of aromatic nitrogens is 3. The molecule has 0 saturated carbocycles. The van der Waals surface area contributed by atoms with Gasteiger partial charge in [-0.2, -0.15) is 8.78 Å². The largest absolute Gasteiger partial charge is 0.494 e. The van der Waals surface area contributed by atoms with Crippen LogP contribution < -0.4 is 9.47 Å². The van der Waals surface area contributed by atoms with Crippen molar-refractivity contribution in [2.24, 2.45) is 0 Å². The van der Waals surface area contributed by atoms with Crippen LogP contribution in [-0.4, -0.2) is 46.0 Å². The van der Waals surface area contributed by atoms with Gasteiger partial charge in [-0.05, 0) is 6.92 Å². The Labute approximate surface area is 179 Å². The van der Waals surface area contributed by atoms with Crippen LogP contribution in [0.5, 0.6) is 11.5 Å². The standard InChI is InChI=1S/C19H16Cl2F2N4O3/c1-8-13-11(3-4-27(8)18(28)17-24-6-9(29-2)7-25-17)26-16-14(13)12(30-19(22)23)5-10(20)15(16)21/h5-8,19,26H,3-4H2,1-2H3/t8-/m1/s1. The van der Waals surface area contributed by atoms with Crippen LogP contribution in [0.3, 0.4) is 0 Å². The number of hydrogen-bond acceptors (Lipinski definition) is 5. The van der Waals surface area contributed by atoms with E-state index < -0.39 is 12.7 Å². The number of methoxy groups -OCH3 is 1. The fourth-order valence-corrected chi connectivity index (χ4v) is 4.11. The van der Waals surface area contributed by atoms with E-state index in [1.54, 1.807) is 11.8 Å². The van der Waals surface area contributed by atoms with E-state index >= 15 is 0 Å². The molecular weight excluding hydrogens is 441 g/mol. The predicted molar refractivity (Wildman–Crippen MR) is 107 cm³/mol. The molecule has 0 spiro atoms. The second-order valence-electron chi connectivity index (χ2n) is 6.69. The molecule has 7 nitrogen and oxygen atoms in total. The summed E-state index contributed by atoms with van der Waals surface area (Å²) in [4.78, 5) is 25.8. The number of aromatic amines is 1. The number of hydrogen-bond donors (Lipinski definition) is 1. The van der Waals surface area contributed by atoms with Gasteiger partial charge in [-0.25, -0.2) is 9.97 Å². The summed E-state index contributed by atoms with van der Waals surface area (Å²) in [6.45, 7) is -0.868. The Hall–Kier alpha value is -2.65. The summed E-state index contributed by atoms with van der Waals surface area (Å²) in [5.41, 5.74) is 1.82. The lowest BCUT2D eigenvalue weighted by molar-refractivity contribution is -0.0488. The molecule has 0 unspecified atom stereocenters. The smallest absolute Gasteiger partial charge is 0.387 e. The van der Waals surface area contributed by atoms with Crippen molar-refractivity contribution >= 4 is 40.0 Å². The maximum atomic E-state index is 13.0. The molecule has 3 aromatic rings. The second kappa shape index (κ2) is 7.88. The zero-order valence-corrected chi connectivity index (χ0v) is 17.4. The maximum Gasteiger partial charge on any atom is 0.387 e. The van der Waals surface area contributed by atoms with Gasteiger partial charge in [0.05, 0.1) is 41.1 Å². The van der Waals surface area contributed by atoms with Crippen LogP contribution in [0.25, 0.3) is 10.9 Å². The van der Waals surface area contributed by atoms with Crippen molar-refractivity contribution in [3.63, 3.8) is 0 Å². The van der Waals surface area contributed by atoms with Crippen molar-refractivity contribution in [3.05, 3.63) is 45.6 Å². The second-order valence-corrected chi connectivity index (χ2v) is 7.47. The van der Waals surface area contributed by atoms with Gasteiger partial charge in [-0.15, -0.1) is 0 Å². The van der Waals surface area contributed by atoms with Crippen molar-refractivity contribution in [1.29, 1.82) is 0 Å². The van der Waals surface area contributed by atoms with E-state index in [1.165, 1.54) is 25.6 Å². The Balaban J connectivity index is 1.78. The Morgan fingerprint density at radius 3 is 2.67 bits per heavy atom. The number of rotatable bonds is 4. The number of benzene rings is 1. The van der Waals surface area contributed by atoms with E-state index in [0.717, 1.165) is 5.69 Å². The number of alkyl halides is 2. The first-order chi connectivity index (χ1) is 14.3. The fraction of sp³-hybridized carbons (Fsp3) is 0.316. The minimum absolute atomic E-state index is 0.0103. The summed E-state index contributed by atoms with van der Waals surface area (Å²) < 4.78 is 35.7. The van der Waals surface area contributed by atoms with E-state index in [0.29, 0.717) is 35.2 Å². The van der Waals surface area contributed by atoms with Crippen molar-refractivity contribution in [1.82, 2.24) is 19.9 Å². The van der Waals surface area contributed by atoms with E-state index in [-0.39, 0.29) is 27.5 Å². The lowest BCUT2D eigenvalue weighted by Gasteiger charge is -2.33. The molecule has 1 aromatic carbocycles. The molecule has 0 fully saturated rings. The van der Waals surface area contributed by atoms with Gasteiger partial charge in [-0.3, -0.25) is 4.79 Å². The molecule has 0 saturated heterocycles. The predicted octanol–water partition coefficient (Wildman–Crippen LogP) is 4.63. The van der Waals surface area contributed by atoms with E-state index in [2.05, 4.69) is 15.0 Å². The molecule has 30 heavy (non-hydrogen) atoms. The van der Waals surface area contributed by atoms with Crippen LogP contribution in [-0.2, 0) is 6.42 Å². The van der Waals surface area contributed by atoms with Crippen LogP contribution in [0.4, 0.5) is 8.78 Å². The van der Waals surface area contributed by atoms with E-state index in [9.17, 15) is 13.6 Å². The normalized spacial score (nSPS) is 16.1. The summed E-state index contributed by atoms with van der Waals surface area (Å²) in [5, 5.41) is 0.664. The number of amides is 1. The fourth-order valence-electron chi connectivity index (χ4n) is 3.72. The number of fused-ring (bicyclic) bond motifs is 3. The molecule has 2 aromatic heterocycles. The van der Waals surface area contributed by atoms with Gasteiger partial charge in [0, 0.05) is 35.7 Å². The van der Waals surface area contributed by atoms with Crippen LogP contribution in [0.15, 0.2) is 18.5 Å². The van der Waals surface area contributed by atoms with Crippen molar-refractivity contribution < 1.29 is 23.0 Å². The lowest BCUT2D eigenvalue weighted by Crippen LogP contribution is -2.39. The number of nitrogens with one attached hydrogen (secondary N) is 1. The number of nitrogens with zero attached hydrogens (tertiary/aromatic N) is 3. The Bertz CT molecular complexity index is 1120. The monoisotopic (exact) mass is 456 g/mol. The average molecular weight is 457 g/mol. The third-order valence-electron chi connectivity index (χ3n) is 5.07. The summed E-state index contributed by atoms with van der Waals surface area (Å²) in [7, 11) is 1.47. The summed E-state index contributed by atoms with van der Waals surface area (Å²) in [5.74, 6) is -0.0520. The van der Waals surface area contributed by atoms with Crippen LogP contribution in [0.1, 0.15) is 34.8 Å². The number of ether oxygens (including phenoxy) is 2. The quantitative estimate of drug-likeness (QED) is 0.618. The third-order valence-corrected chi connectivity index (χ3v) is 5.86. The van der Waals surface area contributed by atoms with E-state index in [4.69, 9.17) is 32.7 Å². The zero-order valence-electron chi connectivity index (χ0n) is 15.9. The van der Waals surface area contributed by atoms with E-state index in [1.807, 2.05) is 0 Å². The minimum Gasteiger partial charge on any atom is -0.494 e. The van der Waals surface area contributed by atoms with Gasteiger partial charge < -0.3 is 19.4 Å². The SMILES string of the molecule is COc1cnc(C(=O)N2CCc3[nH]c4c(Cl)c(Cl)cc(OC(F)F)c4c3[C@H]2C)nc1. The van der Waals surface area contributed by atoms with Crippen LogP contribution in [0, 0.1) is 0 Å². The third kappa shape index (κ3) is 3.41. The Morgan fingerprint density at radius 1 is 1.33 bits per heavy atom. The first-order valence-electron chi connectivity index (χ1n) is 8.96. The van der Waals surface area contributed by atoms with Crippen molar-refractivity contribution in [2.75, 3.05) is 13.7 Å². The molecule has 11 heteroatoms. The van der Waals surface area contributed by atoms with Crippen molar-refractivity contribution in [3.8, 4) is 11.5 Å². The first-order valence-corrected chi connectivity index (χ1v) is 9.71. The number of H-pyrrole nitrogens is 1. The number of halogens is 4. The summed E-state index contributed by atoms with van der Waals surface area (Å²) >= 11 is 12.4. The number of carbonyl (C=O) groups is 1. The summed E-state index contributed by atoms with van der Waals surface area (Å²) in [6, 6.07) is 0.782. The van der Waals surface area contributed by atoms with Crippen molar-refractivity contribution in [2.45, 2.75) is 26.0 Å². The van der Waals surface area contributed by atoms with Gasteiger partial charge in [0.1, 0.15) is 5.75 Å². The highest BCUT2D eigenvalue weighted by Crippen LogP contribution is 2.45. The van der Waals surface area contributed by atoms with Crippen LogP contribution >= 0.6 is 23.2 Å².